The standard InChI is InChI=1S/C14H9Cl2N3O2/c1-8-7-21-13(5-12(8)20)10-4-9(15)2-3-11(10)19-6-14(16)17-18-19/h2-7H,1H3. The Morgan fingerprint density at radius 2 is 2.05 bits per heavy atom. The molecular weight excluding hydrogens is 313 g/mol. The second-order valence-electron chi connectivity index (χ2n) is 4.44. The molecule has 3 rings (SSSR count). The molecule has 0 amide bonds. The van der Waals surface area contributed by atoms with Crippen molar-refractivity contribution in [1.82, 2.24) is 15.0 Å². The highest BCUT2D eigenvalue weighted by Crippen LogP contribution is 2.29. The second kappa shape index (κ2) is 5.35. The molecule has 0 N–H and O–H groups in total. The molecular formula is C14H9Cl2N3O2. The third-order valence-corrected chi connectivity index (χ3v) is 3.36. The number of hydrogen-bond acceptors (Lipinski definition) is 4. The van der Waals surface area contributed by atoms with Crippen LogP contribution in [0.15, 0.2) is 45.9 Å². The topological polar surface area (TPSA) is 60.9 Å². The van der Waals surface area contributed by atoms with Crippen LogP contribution in [-0.4, -0.2) is 15.0 Å². The van der Waals surface area contributed by atoms with Crippen LogP contribution in [0.1, 0.15) is 5.56 Å². The third kappa shape index (κ3) is 2.70. The Balaban J connectivity index is 2.23. The van der Waals surface area contributed by atoms with Gasteiger partial charge in [0.25, 0.3) is 0 Å². The summed E-state index contributed by atoms with van der Waals surface area (Å²) in [4.78, 5) is 11.8. The van der Waals surface area contributed by atoms with E-state index in [1.54, 1.807) is 31.3 Å². The number of rotatable bonds is 2. The van der Waals surface area contributed by atoms with E-state index in [1.807, 2.05) is 0 Å². The van der Waals surface area contributed by atoms with Crippen LogP contribution >= 0.6 is 23.2 Å². The molecule has 0 saturated carbocycles. The fourth-order valence-electron chi connectivity index (χ4n) is 1.88. The average molecular weight is 322 g/mol. The van der Waals surface area contributed by atoms with Crippen LogP contribution in [0.5, 0.6) is 0 Å². The van der Waals surface area contributed by atoms with Gasteiger partial charge in [-0.1, -0.05) is 28.4 Å². The van der Waals surface area contributed by atoms with Crippen molar-refractivity contribution in [3.05, 3.63) is 62.7 Å². The SMILES string of the molecule is Cc1coc(-c2cc(Cl)ccc2-n2cc(Cl)nn2)cc1=O. The Hall–Kier alpha value is -2.11. The van der Waals surface area contributed by atoms with Crippen molar-refractivity contribution in [2.45, 2.75) is 6.92 Å². The molecule has 5 nitrogen and oxygen atoms in total. The first-order valence-corrected chi connectivity index (χ1v) is 6.78. The van der Waals surface area contributed by atoms with Gasteiger partial charge in [0.15, 0.2) is 10.6 Å². The number of halogens is 2. The number of aromatic nitrogens is 3. The lowest BCUT2D eigenvalue weighted by Gasteiger charge is -2.08. The van der Waals surface area contributed by atoms with Gasteiger partial charge in [0.1, 0.15) is 5.76 Å². The summed E-state index contributed by atoms with van der Waals surface area (Å²) in [6.45, 7) is 1.69. The first-order valence-electron chi connectivity index (χ1n) is 6.02. The van der Waals surface area contributed by atoms with Gasteiger partial charge in [-0.05, 0) is 25.1 Å². The highest BCUT2D eigenvalue weighted by Gasteiger charge is 2.13. The van der Waals surface area contributed by atoms with Crippen molar-refractivity contribution in [1.29, 1.82) is 0 Å². The lowest BCUT2D eigenvalue weighted by Crippen LogP contribution is -2.04. The van der Waals surface area contributed by atoms with Crippen LogP contribution in [0.3, 0.4) is 0 Å². The van der Waals surface area contributed by atoms with Crippen LogP contribution in [0.25, 0.3) is 17.0 Å². The molecule has 21 heavy (non-hydrogen) atoms. The molecule has 0 fully saturated rings. The van der Waals surface area contributed by atoms with Crippen molar-refractivity contribution >= 4 is 23.2 Å². The Bertz CT molecular complexity index is 871. The molecule has 0 aliphatic heterocycles. The molecule has 1 aromatic carbocycles. The predicted octanol–water partition coefficient (Wildman–Crippen LogP) is 3.50. The molecule has 0 unspecified atom stereocenters. The minimum Gasteiger partial charge on any atom is -0.464 e. The largest absolute Gasteiger partial charge is 0.464 e. The molecule has 7 heteroatoms. The monoisotopic (exact) mass is 321 g/mol. The molecule has 0 radical (unpaired) electrons. The summed E-state index contributed by atoms with van der Waals surface area (Å²) in [7, 11) is 0. The van der Waals surface area contributed by atoms with Gasteiger partial charge >= 0.3 is 0 Å². The van der Waals surface area contributed by atoms with E-state index in [0.717, 1.165) is 0 Å². The Kier molecular flexibility index (Phi) is 3.53. The number of hydrogen-bond donors (Lipinski definition) is 0. The van der Waals surface area contributed by atoms with E-state index in [9.17, 15) is 4.79 Å². The zero-order valence-electron chi connectivity index (χ0n) is 10.9. The number of nitrogens with zero attached hydrogens (tertiary/aromatic N) is 3. The summed E-state index contributed by atoms with van der Waals surface area (Å²) in [6.07, 6.45) is 2.97. The van der Waals surface area contributed by atoms with Crippen LogP contribution < -0.4 is 5.43 Å². The zero-order chi connectivity index (χ0) is 15.0. The molecule has 0 saturated heterocycles. The minimum atomic E-state index is -0.112. The second-order valence-corrected chi connectivity index (χ2v) is 5.26. The van der Waals surface area contributed by atoms with E-state index in [4.69, 9.17) is 27.6 Å². The molecule has 0 spiro atoms. The van der Waals surface area contributed by atoms with Gasteiger partial charge in [-0.25, -0.2) is 4.68 Å². The highest BCUT2D eigenvalue weighted by atomic mass is 35.5. The molecule has 3 aromatic rings. The number of aryl methyl sites for hydroxylation is 1. The third-order valence-electron chi connectivity index (χ3n) is 2.95. The van der Waals surface area contributed by atoms with E-state index in [1.165, 1.54) is 17.0 Å². The van der Waals surface area contributed by atoms with Gasteiger partial charge in [-0.15, -0.1) is 5.10 Å². The molecule has 0 bridgehead atoms. The van der Waals surface area contributed by atoms with Crippen LogP contribution in [0.4, 0.5) is 0 Å². The van der Waals surface area contributed by atoms with Crippen molar-refractivity contribution in [3.63, 3.8) is 0 Å². The summed E-state index contributed by atoms with van der Waals surface area (Å²) < 4.78 is 6.99. The van der Waals surface area contributed by atoms with E-state index in [2.05, 4.69) is 10.3 Å². The van der Waals surface area contributed by atoms with E-state index in [0.29, 0.717) is 27.6 Å². The Labute approximate surface area is 129 Å². The Morgan fingerprint density at radius 3 is 2.71 bits per heavy atom. The van der Waals surface area contributed by atoms with Crippen LogP contribution in [0, 0.1) is 6.92 Å². The first-order chi connectivity index (χ1) is 10.0. The van der Waals surface area contributed by atoms with Gasteiger partial charge in [0, 0.05) is 22.2 Å². The molecule has 0 atom stereocenters. The fraction of sp³-hybridized carbons (Fsp3) is 0.0714. The normalized spacial score (nSPS) is 10.8. The number of benzene rings is 1. The van der Waals surface area contributed by atoms with Gasteiger partial charge < -0.3 is 4.42 Å². The molecule has 0 aliphatic rings. The van der Waals surface area contributed by atoms with Gasteiger partial charge in [-0.2, -0.15) is 0 Å². The van der Waals surface area contributed by atoms with Crippen molar-refractivity contribution in [2.24, 2.45) is 0 Å². The van der Waals surface area contributed by atoms with Crippen molar-refractivity contribution < 1.29 is 4.42 Å². The van der Waals surface area contributed by atoms with Gasteiger partial charge in [0.2, 0.25) is 0 Å². The highest BCUT2D eigenvalue weighted by molar-refractivity contribution is 6.31. The summed E-state index contributed by atoms with van der Waals surface area (Å²) in [5.74, 6) is 0.398. The van der Waals surface area contributed by atoms with Crippen LogP contribution in [0.2, 0.25) is 10.2 Å². The van der Waals surface area contributed by atoms with Gasteiger partial charge in [-0.3, -0.25) is 4.79 Å². The lowest BCUT2D eigenvalue weighted by molar-refractivity contribution is 0.558. The molecule has 2 heterocycles. The summed E-state index contributed by atoms with van der Waals surface area (Å²) in [6, 6.07) is 6.58. The average Bonchev–Trinajstić information content (AvgIpc) is 2.88. The fourth-order valence-corrected chi connectivity index (χ4v) is 2.18. The maximum Gasteiger partial charge on any atom is 0.188 e. The molecule has 2 aromatic heterocycles. The smallest absolute Gasteiger partial charge is 0.188 e. The molecule has 106 valence electrons. The maximum atomic E-state index is 11.8. The maximum absolute atomic E-state index is 11.8. The first kappa shape index (κ1) is 13.9. The van der Waals surface area contributed by atoms with Gasteiger partial charge in [0.05, 0.1) is 18.1 Å². The van der Waals surface area contributed by atoms with Crippen molar-refractivity contribution in [2.75, 3.05) is 0 Å². The minimum absolute atomic E-state index is 0.112. The van der Waals surface area contributed by atoms with E-state index < -0.39 is 0 Å². The quantitative estimate of drug-likeness (QED) is 0.724. The molecule has 0 aliphatic carbocycles. The van der Waals surface area contributed by atoms with E-state index in [-0.39, 0.29) is 10.6 Å². The van der Waals surface area contributed by atoms with Crippen molar-refractivity contribution in [3.8, 4) is 17.0 Å². The zero-order valence-corrected chi connectivity index (χ0v) is 12.4. The van der Waals surface area contributed by atoms with E-state index >= 15 is 0 Å². The lowest BCUT2D eigenvalue weighted by atomic mass is 10.1. The Morgan fingerprint density at radius 1 is 1.24 bits per heavy atom. The van der Waals surface area contributed by atoms with Crippen LogP contribution in [-0.2, 0) is 0 Å². The predicted molar refractivity (Wildman–Crippen MR) is 80.1 cm³/mol. The summed E-state index contributed by atoms with van der Waals surface area (Å²) >= 11 is 11.8. The summed E-state index contributed by atoms with van der Waals surface area (Å²) in [5.41, 5.74) is 1.71. The summed E-state index contributed by atoms with van der Waals surface area (Å²) in [5, 5.41) is 8.43.